The third kappa shape index (κ3) is 8.20. The molecule has 0 aliphatic rings. The fourth-order valence-electron chi connectivity index (χ4n) is 4.75. The Hall–Kier alpha value is -4.42. The fourth-order valence-corrected chi connectivity index (χ4v) is 6.44. The summed E-state index contributed by atoms with van der Waals surface area (Å²) in [7, 11) is -0.139. The van der Waals surface area contributed by atoms with Gasteiger partial charge in [0.2, 0.25) is 11.8 Å². The minimum Gasteiger partial charge on any atom is -0.493 e. The molecular formula is C33H33BrFN3O6S. The maximum Gasteiger partial charge on any atom is 0.264 e. The molecule has 0 heterocycles. The molecule has 45 heavy (non-hydrogen) atoms. The zero-order valence-corrected chi connectivity index (χ0v) is 27.3. The van der Waals surface area contributed by atoms with Gasteiger partial charge < -0.3 is 19.7 Å². The Morgan fingerprint density at radius 1 is 0.867 bits per heavy atom. The molecule has 236 valence electrons. The van der Waals surface area contributed by atoms with Crippen LogP contribution in [0.2, 0.25) is 0 Å². The van der Waals surface area contributed by atoms with E-state index in [1.54, 1.807) is 0 Å². The third-order valence-electron chi connectivity index (χ3n) is 7.12. The number of nitrogens with zero attached hydrogens (tertiary/aromatic N) is 2. The lowest BCUT2D eigenvalue weighted by Gasteiger charge is -2.33. The Morgan fingerprint density at radius 2 is 1.51 bits per heavy atom. The van der Waals surface area contributed by atoms with Crippen LogP contribution in [0.15, 0.2) is 106 Å². The SMILES string of the molecule is CNC(=O)C(Cc1ccccc1)N(Cc1ccc(Br)cc1)C(=O)CN(c1ccc(F)cc1)S(=O)(=O)c1ccc(OC)c(OC)c1. The minimum absolute atomic E-state index is 0.0185. The summed E-state index contributed by atoms with van der Waals surface area (Å²) in [5.74, 6) is -1.15. The largest absolute Gasteiger partial charge is 0.493 e. The maximum atomic E-state index is 14.3. The molecule has 0 saturated heterocycles. The van der Waals surface area contributed by atoms with E-state index in [9.17, 15) is 22.4 Å². The highest BCUT2D eigenvalue weighted by Gasteiger charge is 2.34. The summed E-state index contributed by atoms with van der Waals surface area (Å²) >= 11 is 3.41. The number of nitrogens with one attached hydrogen (secondary N) is 1. The summed E-state index contributed by atoms with van der Waals surface area (Å²) in [4.78, 5) is 28.9. The molecule has 9 nitrogen and oxygen atoms in total. The number of anilines is 1. The highest BCUT2D eigenvalue weighted by Crippen LogP contribution is 2.32. The van der Waals surface area contributed by atoms with Crippen LogP contribution in [0.25, 0.3) is 0 Å². The number of amides is 2. The minimum atomic E-state index is -4.42. The second-order valence-electron chi connectivity index (χ2n) is 9.97. The predicted molar refractivity (Wildman–Crippen MR) is 173 cm³/mol. The van der Waals surface area contributed by atoms with Crippen molar-refractivity contribution in [3.8, 4) is 11.5 Å². The van der Waals surface area contributed by atoms with E-state index >= 15 is 0 Å². The summed E-state index contributed by atoms with van der Waals surface area (Å²) < 4.78 is 54.6. The molecule has 0 aliphatic carbocycles. The molecule has 4 rings (SSSR count). The number of hydrogen-bond acceptors (Lipinski definition) is 6. The molecule has 1 N–H and O–H groups in total. The van der Waals surface area contributed by atoms with Gasteiger partial charge in [0.1, 0.15) is 18.4 Å². The van der Waals surface area contributed by atoms with Gasteiger partial charge in [-0.2, -0.15) is 0 Å². The van der Waals surface area contributed by atoms with E-state index in [-0.39, 0.29) is 29.3 Å². The second-order valence-corrected chi connectivity index (χ2v) is 12.8. The molecule has 12 heteroatoms. The summed E-state index contributed by atoms with van der Waals surface area (Å²) in [6.07, 6.45) is 0.182. The van der Waals surface area contributed by atoms with Gasteiger partial charge in [-0.05, 0) is 59.7 Å². The normalized spacial score (nSPS) is 11.8. The highest BCUT2D eigenvalue weighted by molar-refractivity contribution is 9.10. The summed E-state index contributed by atoms with van der Waals surface area (Å²) in [6, 6.07) is 24.3. The molecule has 0 saturated carbocycles. The van der Waals surface area contributed by atoms with Crippen LogP contribution in [0.3, 0.4) is 0 Å². The monoisotopic (exact) mass is 697 g/mol. The van der Waals surface area contributed by atoms with Gasteiger partial charge in [0.05, 0.1) is 24.8 Å². The van der Waals surface area contributed by atoms with Crippen molar-refractivity contribution in [3.63, 3.8) is 0 Å². The van der Waals surface area contributed by atoms with E-state index in [1.165, 1.54) is 56.5 Å². The Labute approximate surface area is 270 Å². The van der Waals surface area contributed by atoms with Crippen LogP contribution in [0, 0.1) is 5.82 Å². The molecule has 4 aromatic carbocycles. The topological polar surface area (TPSA) is 105 Å². The summed E-state index contributed by atoms with van der Waals surface area (Å²) in [6.45, 7) is -0.661. The van der Waals surface area contributed by atoms with Gasteiger partial charge in [-0.15, -0.1) is 0 Å². The lowest BCUT2D eigenvalue weighted by atomic mass is 10.0. The number of benzene rings is 4. The Balaban J connectivity index is 1.80. The van der Waals surface area contributed by atoms with Crippen LogP contribution in [0.4, 0.5) is 10.1 Å². The van der Waals surface area contributed by atoms with Crippen molar-refractivity contribution in [3.05, 3.63) is 118 Å². The number of carbonyl (C=O) groups excluding carboxylic acids is 2. The Kier molecular flexibility index (Phi) is 11.2. The molecule has 0 bridgehead atoms. The van der Waals surface area contributed by atoms with Crippen LogP contribution in [-0.2, 0) is 32.6 Å². The lowest BCUT2D eigenvalue weighted by molar-refractivity contribution is -0.139. The first kappa shape index (κ1) is 33.5. The lowest BCUT2D eigenvalue weighted by Crippen LogP contribution is -2.53. The van der Waals surface area contributed by atoms with Crippen LogP contribution in [0.1, 0.15) is 11.1 Å². The molecular weight excluding hydrogens is 665 g/mol. The molecule has 0 fully saturated rings. The zero-order chi connectivity index (χ0) is 32.6. The number of ether oxygens (including phenoxy) is 2. The first-order chi connectivity index (χ1) is 21.6. The van der Waals surface area contributed by atoms with Crippen molar-refractivity contribution in [2.75, 3.05) is 32.1 Å². The molecule has 0 radical (unpaired) electrons. The van der Waals surface area contributed by atoms with Crippen LogP contribution in [-0.4, -0.2) is 59.0 Å². The van der Waals surface area contributed by atoms with E-state index < -0.39 is 40.2 Å². The average molecular weight is 699 g/mol. The van der Waals surface area contributed by atoms with Crippen LogP contribution in [0.5, 0.6) is 11.5 Å². The average Bonchev–Trinajstić information content (AvgIpc) is 3.06. The number of sulfonamides is 1. The second kappa shape index (κ2) is 15.0. The van der Waals surface area contributed by atoms with Gasteiger partial charge in [0.25, 0.3) is 10.0 Å². The Morgan fingerprint density at radius 3 is 2.11 bits per heavy atom. The van der Waals surface area contributed by atoms with Gasteiger partial charge in [-0.3, -0.25) is 13.9 Å². The Bertz CT molecular complexity index is 1720. The van der Waals surface area contributed by atoms with Crippen LogP contribution < -0.4 is 19.1 Å². The molecule has 4 aromatic rings. The van der Waals surface area contributed by atoms with Gasteiger partial charge in [-0.1, -0.05) is 58.4 Å². The quantitative estimate of drug-likeness (QED) is 0.206. The van der Waals surface area contributed by atoms with Crippen molar-refractivity contribution < 1.29 is 31.9 Å². The number of methoxy groups -OCH3 is 2. The number of halogens is 2. The van der Waals surface area contributed by atoms with E-state index in [0.29, 0.717) is 5.75 Å². The van der Waals surface area contributed by atoms with Crippen molar-refractivity contribution in [1.29, 1.82) is 0 Å². The first-order valence-corrected chi connectivity index (χ1v) is 16.1. The number of carbonyl (C=O) groups is 2. The first-order valence-electron chi connectivity index (χ1n) is 13.9. The molecule has 0 spiro atoms. The van der Waals surface area contributed by atoms with Crippen molar-refractivity contribution in [2.45, 2.75) is 23.9 Å². The molecule has 1 atom stereocenters. The maximum absolute atomic E-state index is 14.3. The van der Waals surface area contributed by atoms with Crippen molar-refractivity contribution in [2.24, 2.45) is 0 Å². The smallest absolute Gasteiger partial charge is 0.264 e. The molecule has 0 aliphatic heterocycles. The van der Waals surface area contributed by atoms with Gasteiger partial charge in [0.15, 0.2) is 11.5 Å². The number of rotatable bonds is 13. The van der Waals surface area contributed by atoms with E-state index in [1.807, 2.05) is 54.6 Å². The van der Waals surface area contributed by atoms with Gasteiger partial charge in [0, 0.05) is 30.6 Å². The number of likely N-dealkylation sites (N-methyl/N-ethyl adjacent to an activating group) is 1. The van der Waals surface area contributed by atoms with Gasteiger partial charge in [-0.25, -0.2) is 12.8 Å². The third-order valence-corrected chi connectivity index (χ3v) is 9.42. The van der Waals surface area contributed by atoms with E-state index in [0.717, 1.165) is 32.0 Å². The molecule has 2 amide bonds. The number of hydrogen-bond donors (Lipinski definition) is 1. The highest BCUT2D eigenvalue weighted by atomic mass is 79.9. The van der Waals surface area contributed by atoms with E-state index in [4.69, 9.17) is 9.47 Å². The van der Waals surface area contributed by atoms with Crippen LogP contribution >= 0.6 is 15.9 Å². The molecule has 0 aromatic heterocycles. The fraction of sp³-hybridized carbons (Fsp3) is 0.212. The summed E-state index contributed by atoms with van der Waals surface area (Å²) in [5.41, 5.74) is 1.60. The zero-order valence-electron chi connectivity index (χ0n) is 24.9. The van der Waals surface area contributed by atoms with Crippen molar-refractivity contribution >= 4 is 43.5 Å². The van der Waals surface area contributed by atoms with Gasteiger partial charge >= 0.3 is 0 Å². The van der Waals surface area contributed by atoms with E-state index in [2.05, 4.69) is 21.2 Å². The standard InChI is InChI=1S/C33H33BrFN3O6S/c1-36-33(40)29(19-23-7-5-4-6-8-23)37(21-24-9-11-25(34)12-10-24)32(39)22-38(27-15-13-26(35)14-16-27)45(41,42)28-17-18-30(43-2)31(20-28)44-3/h4-18,20,29H,19,21-22H2,1-3H3,(H,36,40). The van der Waals surface area contributed by atoms with Crippen molar-refractivity contribution in [1.82, 2.24) is 10.2 Å². The molecule has 1 unspecified atom stereocenters. The predicted octanol–water partition coefficient (Wildman–Crippen LogP) is 5.19. The summed E-state index contributed by atoms with van der Waals surface area (Å²) in [5, 5.41) is 2.65.